The fourth-order valence-corrected chi connectivity index (χ4v) is 4.80. The summed E-state index contributed by atoms with van der Waals surface area (Å²) in [5.41, 5.74) is 7.93. The van der Waals surface area contributed by atoms with E-state index in [1.54, 1.807) is 26.8 Å². The summed E-state index contributed by atoms with van der Waals surface area (Å²) in [5, 5.41) is 0. The van der Waals surface area contributed by atoms with Crippen molar-refractivity contribution in [1.82, 2.24) is 4.72 Å². The molecule has 3 N–H and O–H groups in total. The maximum absolute atomic E-state index is 12.8. The van der Waals surface area contributed by atoms with E-state index in [0.29, 0.717) is 16.9 Å². The van der Waals surface area contributed by atoms with Gasteiger partial charge in [0.05, 0.1) is 23.6 Å². The number of nitrogens with two attached hydrogens (primary N) is 1. The lowest BCUT2D eigenvalue weighted by molar-refractivity contribution is 0.0995. The first-order chi connectivity index (χ1) is 13.0. The molecule has 2 rings (SSSR count). The van der Waals surface area contributed by atoms with Crippen molar-refractivity contribution in [1.29, 1.82) is 0 Å². The standard InChI is InChI=1S/C20H26N2O5S/c1-12-8-13(2)19(14(3)9-12)28(24,25)22-15(4)11-27-18-10-16(26-5)6-7-17(18)20(21)23/h6-10,15,22H,11H2,1-5H3,(H2,21,23)/t15-/m0/s1. The number of benzene rings is 2. The zero-order chi connectivity index (χ0) is 21.1. The van der Waals surface area contributed by atoms with Crippen LogP contribution in [-0.4, -0.2) is 34.1 Å². The van der Waals surface area contributed by atoms with Gasteiger partial charge in [-0.25, -0.2) is 13.1 Å². The molecule has 0 aromatic heterocycles. The predicted molar refractivity (Wildman–Crippen MR) is 107 cm³/mol. The first kappa shape index (κ1) is 21.7. The van der Waals surface area contributed by atoms with E-state index in [1.807, 2.05) is 19.1 Å². The largest absolute Gasteiger partial charge is 0.497 e. The van der Waals surface area contributed by atoms with Crippen molar-refractivity contribution in [2.45, 2.75) is 38.6 Å². The van der Waals surface area contributed by atoms with Crippen LogP contribution in [0.5, 0.6) is 11.5 Å². The van der Waals surface area contributed by atoms with E-state index < -0.39 is 22.0 Å². The van der Waals surface area contributed by atoms with Crippen molar-refractivity contribution in [2.24, 2.45) is 5.73 Å². The highest BCUT2D eigenvalue weighted by Gasteiger charge is 2.23. The number of aryl methyl sites for hydroxylation is 3. The topological polar surface area (TPSA) is 108 Å². The third kappa shape index (κ3) is 5.02. The lowest BCUT2D eigenvalue weighted by atomic mass is 10.1. The van der Waals surface area contributed by atoms with Gasteiger partial charge in [-0.1, -0.05) is 17.7 Å². The zero-order valence-corrected chi connectivity index (χ0v) is 17.5. The molecule has 0 heterocycles. The fourth-order valence-electron chi connectivity index (χ4n) is 3.12. The van der Waals surface area contributed by atoms with Gasteiger partial charge in [-0.2, -0.15) is 0 Å². The minimum atomic E-state index is -3.73. The number of carbonyl (C=O) groups excluding carboxylic acids is 1. The SMILES string of the molecule is COc1ccc(C(N)=O)c(OC[C@H](C)NS(=O)(=O)c2c(C)cc(C)cc2C)c1. The van der Waals surface area contributed by atoms with Crippen LogP contribution in [0.3, 0.4) is 0 Å². The first-order valence-corrected chi connectivity index (χ1v) is 10.2. The van der Waals surface area contributed by atoms with Gasteiger partial charge in [-0.3, -0.25) is 4.79 Å². The zero-order valence-electron chi connectivity index (χ0n) is 16.7. The molecule has 1 atom stereocenters. The van der Waals surface area contributed by atoms with Crippen LogP contribution in [0.4, 0.5) is 0 Å². The Balaban J connectivity index is 2.17. The molecule has 152 valence electrons. The van der Waals surface area contributed by atoms with E-state index in [2.05, 4.69) is 4.72 Å². The van der Waals surface area contributed by atoms with E-state index >= 15 is 0 Å². The number of sulfonamides is 1. The van der Waals surface area contributed by atoms with E-state index in [9.17, 15) is 13.2 Å². The molecule has 8 heteroatoms. The number of hydrogen-bond donors (Lipinski definition) is 2. The number of rotatable bonds is 8. The van der Waals surface area contributed by atoms with E-state index in [0.717, 1.165) is 5.56 Å². The Labute approximate surface area is 165 Å². The number of methoxy groups -OCH3 is 1. The van der Waals surface area contributed by atoms with E-state index in [4.69, 9.17) is 15.2 Å². The van der Waals surface area contributed by atoms with Crippen LogP contribution in [0, 0.1) is 20.8 Å². The second kappa shape index (κ2) is 8.62. The van der Waals surface area contributed by atoms with Crippen LogP contribution in [0.1, 0.15) is 34.0 Å². The van der Waals surface area contributed by atoms with Crippen LogP contribution in [0.25, 0.3) is 0 Å². The van der Waals surface area contributed by atoms with Gasteiger partial charge in [-0.05, 0) is 51.0 Å². The third-order valence-corrected chi connectivity index (χ3v) is 6.07. The summed E-state index contributed by atoms with van der Waals surface area (Å²) in [6.07, 6.45) is 0. The number of hydrogen-bond acceptors (Lipinski definition) is 5. The molecule has 7 nitrogen and oxygen atoms in total. The lowest BCUT2D eigenvalue weighted by Crippen LogP contribution is -2.37. The van der Waals surface area contributed by atoms with Crippen LogP contribution in [0.2, 0.25) is 0 Å². The molecule has 0 saturated carbocycles. The summed E-state index contributed by atoms with van der Waals surface area (Å²) in [5.74, 6) is 0.0940. The number of carbonyl (C=O) groups is 1. The molecule has 0 spiro atoms. The lowest BCUT2D eigenvalue weighted by Gasteiger charge is -2.19. The van der Waals surface area contributed by atoms with Crippen LogP contribution in [0.15, 0.2) is 35.2 Å². The maximum atomic E-state index is 12.8. The van der Waals surface area contributed by atoms with Gasteiger partial charge >= 0.3 is 0 Å². The highest BCUT2D eigenvalue weighted by Crippen LogP contribution is 2.25. The van der Waals surface area contributed by atoms with Gasteiger partial charge < -0.3 is 15.2 Å². The molecule has 0 radical (unpaired) electrons. The molecule has 2 aromatic carbocycles. The summed E-state index contributed by atoms with van der Waals surface area (Å²) in [7, 11) is -2.24. The molecule has 0 aliphatic heterocycles. The Morgan fingerprint density at radius 2 is 1.75 bits per heavy atom. The normalized spacial score (nSPS) is 12.5. The highest BCUT2D eigenvalue weighted by molar-refractivity contribution is 7.89. The number of amides is 1. The number of primary amides is 1. The monoisotopic (exact) mass is 406 g/mol. The van der Waals surface area contributed by atoms with Crippen molar-refractivity contribution in [2.75, 3.05) is 13.7 Å². The Morgan fingerprint density at radius 3 is 2.29 bits per heavy atom. The minimum Gasteiger partial charge on any atom is -0.497 e. The molecule has 0 fully saturated rings. The van der Waals surface area contributed by atoms with Gasteiger partial charge in [0.2, 0.25) is 10.0 Å². The summed E-state index contributed by atoms with van der Waals surface area (Å²) >= 11 is 0. The molecule has 0 aliphatic carbocycles. The smallest absolute Gasteiger partial charge is 0.252 e. The molecule has 1 amide bonds. The van der Waals surface area contributed by atoms with Gasteiger partial charge in [0.1, 0.15) is 18.1 Å². The maximum Gasteiger partial charge on any atom is 0.252 e. The molecule has 0 aliphatic rings. The van der Waals surface area contributed by atoms with Crippen LogP contribution < -0.4 is 19.9 Å². The third-order valence-electron chi connectivity index (χ3n) is 4.17. The molecule has 0 unspecified atom stereocenters. The van der Waals surface area contributed by atoms with Crippen molar-refractivity contribution >= 4 is 15.9 Å². The average molecular weight is 407 g/mol. The van der Waals surface area contributed by atoms with E-state index in [-0.39, 0.29) is 22.8 Å². The van der Waals surface area contributed by atoms with Gasteiger partial charge in [0.25, 0.3) is 5.91 Å². The Hall–Kier alpha value is -2.58. The second-order valence-corrected chi connectivity index (χ2v) is 8.44. The van der Waals surface area contributed by atoms with Crippen molar-refractivity contribution in [3.8, 4) is 11.5 Å². The van der Waals surface area contributed by atoms with Crippen LogP contribution >= 0.6 is 0 Å². The minimum absolute atomic E-state index is 0.0105. The number of nitrogens with one attached hydrogen (secondary N) is 1. The van der Waals surface area contributed by atoms with Crippen LogP contribution in [-0.2, 0) is 10.0 Å². The Kier molecular flexibility index (Phi) is 6.69. The van der Waals surface area contributed by atoms with Gasteiger partial charge in [0.15, 0.2) is 0 Å². The van der Waals surface area contributed by atoms with Gasteiger partial charge in [-0.15, -0.1) is 0 Å². The van der Waals surface area contributed by atoms with E-state index in [1.165, 1.54) is 19.2 Å². The quantitative estimate of drug-likeness (QED) is 0.700. The molecule has 0 saturated heterocycles. The summed E-state index contributed by atoms with van der Waals surface area (Å²) in [6.45, 7) is 7.15. The van der Waals surface area contributed by atoms with Crippen molar-refractivity contribution in [3.63, 3.8) is 0 Å². The van der Waals surface area contributed by atoms with Crippen molar-refractivity contribution in [3.05, 3.63) is 52.6 Å². The average Bonchev–Trinajstić information content (AvgIpc) is 2.57. The molecule has 28 heavy (non-hydrogen) atoms. The first-order valence-electron chi connectivity index (χ1n) is 8.76. The van der Waals surface area contributed by atoms with Gasteiger partial charge in [0, 0.05) is 6.07 Å². The Morgan fingerprint density at radius 1 is 1.14 bits per heavy atom. The predicted octanol–water partition coefficient (Wildman–Crippen LogP) is 2.47. The fraction of sp³-hybridized carbons (Fsp3) is 0.350. The summed E-state index contributed by atoms with van der Waals surface area (Å²) in [4.78, 5) is 11.8. The molecular formula is C20H26N2O5S. The summed E-state index contributed by atoms with van der Waals surface area (Å²) in [6, 6.07) is 7.76. The molecular weight excluding hydrogens is 380 g/mol. The Bertz CT molecular complexity index is 963. The second-order valence-electron chi connectivity index (χ2n) is 6.79. The molecule has 2 aromatic rings. The highest BCUT2D eigenvalue weighted by atomic mass is 32.2. The molecule has 0 bridgehead atoms. The number of ether oxygens (including phenoxy) is 2. The summed E-state index contributed by atoms with van der Waals surface area (Å²) < 4.78 is 39.0. The van der Waals surface area contributed by atoms with Crippen molar-refractivity contribution < 1.29 is 22.7 Å².